The van der Waals surface area contributed by atoms with E-state index in [0.717, 1.165) is 0 Å². The molecule has 0 saturated carbocycles. The van der Waals surface area contributed by atoms with Gasteiger partial charge < -0.3 is 14.8 Å². The molecular weight excluding hydrogens is 380 g/mol. The lowest BCUT2D eigenvalue weighted by atomic mass is 9.99. The van der Waals surface area contributed by atoms with Gasteiger partial charge in [-0.05, 0) is 37.1 Å². The van der Waals surface area contributed by atoms with Gasteiger partial charge in [0.15, 0.2) is 0 Å². The number of benzene rings is 2. The number of nitrogens with zero attached hydrogens (tertiary/aromatic N) is 1. The van der Waals surface area contributed by atoms with Crippen molar-refractivity contribution in [3.05, 3.63) is 48.5 Å². The van der Waals surface area contributed by atoms with Crippen LogP contribution in [0.15, 0.2) is 53.4 Å². The monoisotopic (exact) mass is 404 g/mol. The molecule has 1 amide bonds. The fraction of sp³-hybridized carbons (Fsp3) is 0.350. The molecule has 1 N–H and O–H groups in total. The van der Waals surface area contributed by atoms with Gasteiger partial charge >= 0.3 is 0 Å². The van der Waals surface area contributed by atoms with Crippen LogP contribution in [0.5, 0.6) is 11.5 Å². The number of carbonyl (C=O) groups is 1. The van der Waals surface area contributed by atoms with E-state index in [0.29, 0.717) is 30.8 Å². The number of rotatable bonds is 6. The topological polar surface area (TPSA) is 84.9 Å². The predicted molar refractivity (Wildman–Crippen MR) is 106 cm³/mol. The van der Waals surface area contributed by atoms with Crippen molar-refractivity contribution in [2.75, 3.05) is 32.6 Å². The summed E-state index contributed by atoms with van der Waals surface area (Å²) in [5.41, 5.74) is 0.696. The molecule has 0 radical (unpaired) electrons. The van der Waals surface area contributed by atoms with Crippen molar-refractivity contribution < 1.29 is 22.7 Å². The predicted octanol–water partition coefficient (Wildman–Crippen LogP) is 2.74. The number of carbonyl (C=O) groups excluding carboxylic acids is 1. The maximum absolute atomic E-state index is 13.2. The van der Waals surface area contributed by atoms with E-state index in [-0.39, 0.29) is 23.1 Å². The van der Waals surface area contributed by atoms with Gasteiger partial charge in [-0.1, -0.05) is 18.2 Å². The van der Waals surface area contributed by atoms with Crippen molar-refractivity contribution in [3.8, 4) is 11.5 Å². The molecule has 1 aliphatic heterocycles. The highest BCUT2D eigenvalue weighted by Crippen LogP contribution is 2.32. The van der Waals surface area contributed by atoms with E-state index in [1.54, 1.807) is 24.3 Å². The maximum Gasteiger partial charge on any atom is 0.246 e. The van der Waals surface area contributed by atoms with Gasteiger partial charge in [0.25, 0.3) is 0 Å². The van der Waals surface area contributed by atoms with Gasteiger partial charge in [0.2, 0.25) is 15.9 Å². The second kappa shape index (κ2) is 8.62. The third kappa shape index (κ3) is 4.28. The van der Waals surface area contributed by atoms with Crippen LogP contribution in [0.4, 0.5) is 5.69 Å². The number of hydrogen-bond acceptors (Lipinski definition) is 5. The smallest absolute Gasteiger partial charge is 0.246 e. The standard InChI is InChI=1S/C20H24N2O5S/c1-26-17-10-11-18(27-2)19(13-17)28(24,25)22-12-6-7-15(14-22)20(23)21-16-8-4-3-5-9-16/h3-5,8-11,13,15H,6-7,12,14H2,1-2H3,(H,21,23)/t15-/m0/s1. The van der Waals surface area contributed by atoms with Gasteiger partial charge in [-0.2, -0.15) is 4.31 Å². The van der Waals surface area contributed by atoms with Crippen molar-refractivity contribution in [3.63, 3.8) is 0 Å². The summed E-state index contributed by atoms with van der Waals surface area (Å²) in [5, 5.41) is 2.86. The number of methoxy groups -OCH3 is 2. The number of para-hydroxylation sites is 1. The molecule has 1 saturated heterocycles. The molecule has 1 aliphatic rings. The fourth-order valence-electron chi connectivity index (χ4n) is 3.27. The van der Waals surface area contributed by atoms with Crippen molar-refractivity contribution in [1.29, 1.82) is 0 Å². The SMILES string of the molecule is COc1ccc(OC)c(S(=O)(=O)N2CCC[C@H](C(=O)Nc3ccccc3)C2)c1. The number of amides is 1. The van der Waals surface area contributed by atoms with Crippen LogP contribution in [-0.2, 0) is 14.8 Å². The van der Waals surface area contributed by atoms with Gasteiger partial charge in [0.05, 0.1) is 20.1 Å². The number of ether oxygens (including phenoxy) is 2. The minimum absolute atomic E-state index is 0.0402. The first-order chi connectivity index (χ1) is 13.5. The highest BCUT2D eigenvalue weighted by molar-refractivity contribution is 7.89. The lowest BCUT2D eigenvalue weighted by Crippen LogP contribution is -2.43. The molecule has 1 atom stereocenters. The zero-order chi connectivity index (χ0) is 20.1. The maximum atomic E-state index is 13.2. The van der Waals surface area contributed by atoms with Gasteiger partial charge in [0.1, 0.15) is 16.4 Å². The average molecular weight is 404 g/mol. The van der Waals surface area contributed by atoms with Crippen LogP contribution in [0.1, 0.15) is 12.8 Å². The number of anilines is 1. The second-order valence-corrected chi connectivity index (χ2v) is 8.48. The van der Waals surface area contributed by atoms with Crippen molar-refractivity contribution in [1.82, 2.24) is 4.31 Å². The summed E-state index contributed by atoms with van der Waals surface area (Å²) in [6, 6.07) is 13.8. The average Bonchev–Trinajstić information content (AvgIpc) is 2.74. The van der Waals surface area contributed by atoms with Gasteiger partial charge in [0, 0.05) is 24.8 Å². The van der Waals surface area contributed by atoms with E-state index >= 15 is 0 Å². The number of piperidine rings is 1. The Kier molecular flexibility index (Phi) is 6.21. The summed E-state index contributed by atoms with van der Waals surface area (Å²) in [6.07, 6.45) is 1.25. The molecule has 7 nitrogen and oxygen atoms in total. The van der Waals surface area contributed by atoms with Crippen LogP contribution in [0.25, 0.3) is 0 Å². The van der Waals surface area contributed by atoms with Crippen LogP contribution >= 0.6 is 0 Å². The summed E-state index contributed by atoms with van der Waals surface area (Å²) in [6.45, 7) is 0.485. The molecule has 2 aromatic rings. The molecule has 1 heterocycles. The highest BCUT2D eigenvalue weighted by Gasteiger charge is 2.35. The molecule has 1 fully saturated rings. The summed E-state index contributed by atoms with van der Waals surface area (Å²) in [5.74, 6) is 0.0791. The summed E-state index contributed by atoms with van der Waals surface area (Å²) >= 11 is 0. The summed E-state index contributed by atoms with van der Waals surface area (Å²) < 4.78 is 38.2. The van der Waals surface area contributed by atoms with Crippen LogP contribution in [0.3, 0.4) is 0 Å². The molecule has 8 heteroatoms. The van der Waals surface area contributed by atoms with Gasteiger partial charge in [-0.25, -0.2) is 8.42 Å². The molecule has 0 spiro atoms. The first-order valence-corrected chi connectivity index (χ1v) is 10.5. The lowest BCUT2D eigenvalue weighted by Gasteiger charge is -2.31. The van der Waals surface area contributed by atoms with Crippen LogP contribution in [0.2, 0.25) is 0 Å². The Labute approximate surface area is 165 Å². The Morgan fingerprint density at radius 3 is 2.54 bits per heavy atom. The minimum Gasteiger partial charge on any atom is -0.497 e. The van der Waals surface area contributed by atoms with E-state index in [9.17, 15) is 13.2 Å². The van der Waals surface area contributed by atoms with Crippen molar-refractivity contribution in [2.24, 2.45) is 5.92 Å². The lowest BCUT2D eigenvalue weighted by molar-refractivity contribution is -0.120. The normalized spacial score (nSPS) is 17.7. The molecule has 0 aromatic heterocycles. The molecule has 0 unspecified atom stereocenters. The van der Waals surface area contributed by atoms with E-state index in [1.165, 1.54) is 24.6 Å². The fourth-order valence-corrected chi connectivity index (χ4v) is 4.96. The van der Waals surface area contributed by atoms with Crippen molar-refractivity contribution in [2.45, 2.75) is 17.7 Å². The molecular formula is C20H24N2O5S. The third-order valence-corrected chi connectivity index (χ3v) is 6.67. The third-order valence-electron chi connectivity index (χ3n) is 4.78. The molecule has 28 heavy (non-hydrogen) atoms. The number of sulfonamides is 1. The largest absolute Gasteiger partial charge is 0.497 e. The van der Waals surface area contributed by atoms with Crippen LogP contribution in [0, 0.1) is 5.92 Å². The Morgan fingerprint density at radius 1 is 1.11 bits per heavy atom. The molecule has 3 rings (SSSR count). The quantitative estimate of drug-likeness (QED) is 0.800. The number of hydrogen-bond donors (Lipinski definition) is 1. The Balaban J connectivity index is 1.80. The van der Waals surface area contributed by atoms with E-state index in [4.69, 9.17) is 9.47 Å². The molecule has 0 bridgehead atoms. The Morgan fingerprint density at radius 2 is 1.86 bits per heavy atom. The molecule has 2 aromatic carbocycles. The summed E-state index contributed by atoms with van der Waals surface area (Å²) in [4.78, 5) is 12.7. The first kappa shape index (κ1) is 20.2. The molecule has 150 valence electrons. The highest BCUT2D eigenvalue weighted by atomic mass is 32.2. The first-order valence-electron chi connectivity index (χ1n) is 9.04. The van der Waals surface area contributed by atoms with Crippen molar-refractivity contribution >= 4 is 21.6 Å². The second-order valence-electron chi connectivity index (χ2n) is 6.57. The Bertz CT molecular complexity index is 931. The zero-order valence-corrected chi connectivity index (χ0v) is 16.7. The zero-order valence-electron chi connectivity index (χ0n) is 15.9. The van der Waals surface area contributed by atoms with E-state index in [2.05, 4.69) is 5.32 Å². The van der Waals surface area contributed by atoms with Crippen LogP contribution < -0.4 is 14.8 Å². The van der Waals surface area contributed by atoms with E-state index < -0.39 is 15.9 Å². The van der Waals surface area contributed by atoms with E-state index in [1.807, 2.05) is 18.2 Å². The minimum atomic E-state index is -3.83. The Hall–Kier alpha value is -2.58. The van der Waals surface area contributed by atoms with Gasteiger partial charge in [-0.15, -0.1) is 0 Å². The van der Waals surface area contributed by atoms with Gasteiger partial charge in [-0.3, -0.25) is 4.79 Å². The summed E-state index contributed by atoms with van der Waals surface area (Å²) in [7, 11) is -0.929. The molecule has 0 aliphatic carbocycles. The van der Waals surface area contributed by atoms with Crippen LogP contribution in [-0.4, -0.2) is 45.9 Å². The number of nitrogens with one attached hydrogen (secondary N) is 1.